The molecule has 1 saturated carbocycles. The molecule has 0 aromatic heterocycles. The molecule has 1 nitrogen and oxygen atoms in total. The molecule has 0 radical (unpaired) electrons. The van der Waals surface area contributed by atoms with Crippen LogP contribution in [0.5, 0.6) is 0 Å². The lowest BCUT2D eigenvalue weighted by atomic mass is 9.77. The van der Waals surface area contributed by atoms with Crippen LogP contribution in [0, 0.1) is 29.9 Å². The van der Waals surface area contributed by atoms with E-state index < -0.39 is 11.6 Å². The van der Waals surface area contributed by atoms with Crippen LogP contribution in [0.25, 0.3) is 0 Å². The van der Waals surface area contributed by atoms with E-state index in [0.29, 0.717) is 0 Å². The second kappa shape index (κ2) is 4.45. The molecule has 0 saturated heterocycles. The Labute approximate surface area is 106 Å². The third kappa shape index (κ3) is 2.18. The highest BCUT2D eigenvalue weighted by molar-refractivity contribution is 5.98. The Morgan fingerprint density at radius 3 is 2.50 bits per heavy atom. The summed E-state index contributed by atoms with van der Waals surface area (Å²) in [7, 11) is 0. The number of hydrogen-bond acceptors (Lipinski definition) is 1. The molecule has 0 heterocycles. The number of rotatable bonds is 2. The van der Waals surface area contributed by atoms with Gasteiger partial charge in [0.2, 0.25) is 0 Å². The molecule has 1 aromatic rings. The summed E-state index contributed by atoms with van der Waals surface area (Å²) in [6, 6.07) is 2.14. The van der Waals surface area contributed by atoms with Crippen LogP contribution in [-0.4, -0.2) is 5.78 Å². The molecule has 98 valence electrons. The lowest BCUT2D eigenvalue weighted by molar-refractivity contribution is 0.0834. The van der Waals surface area contributed by atoms with Gasteiger partial charge < -0.3 is 0 Å². The van der Waals surface area contributed by atoms with Crippen molar-refractivity contribution in [2.45, 2.75) is 40.0 Å². The Hall–Kier alpha value is -1.25. The molecule has 1 fully saturated rings. The number of ketones is 1. The molecule has 1 aliphatic rings. The fourth-order valence-corrected chi connectivity index (χ4v) is 2.84. The smallest absolute Gasteiger partial charge is 0.169 e. The third-order valence-electron chi connectivity index (χ3n) is 4.09. The van der Waals surface area contributed by atoms with E-state index in [9.17, 15) is 13.6 Å². The second-order valence-corrected chi connectivity index (χ2v) is 5.88. The Balaban J connectivity index is 2.38. The Kier molecular flexibility index (Phi) is 3.26. The van der Waals surface area contributed by atoms with Crippen LogP contribution in [0.15, 0.2) is 12.1 Å². The maximum atomic E-state index is 13.8. The number of Topliss-reactive ketones (excluding diaryl/α,β-unsaturated/α-hetero) is 1. The predicted molar refractivity (Wildman–Crippen MR) is 66.5 cm³/mol. The van der Waals surface area contributed by atoms with Gasteiger partial charge >= 0.3 is 0 Å². The molecule has 1 aromatic carbocycles. The van der Waals surface area contributed by atoms with Gasteiger partial charge in [-0.15, -0.1) is 0 Å². The van der Waals surface area contributed by atoms with Crippen LogP contribution in [0.2, 0.25) is 0 Å². The maximum absolute atomic E-state index is 13.8. The normalized spacial score (nSPS) is 22.2. The molecular formula is C15H18F2O. The van der Waals surface area contributed by atoms with E-state index in [2.05, 4.69) is 0 Å². The fraction of sp³-hybridized carbons (Fsp3) is 0.533. The number of benzene rings is 1. The predicted octanol–water partition coefficient (Wildman–Crippen LogP) is 4.28. The standard InChI is InChI=1S/C15H18F2O/c1-9-7-13(17)10(8-12(9)16)14(18)11-5-4-6-15(11,2)3/h7-8,11H,4-6H2,1-3H3. The fourth-order valence-electron chi connectivity index (χ4n) is 2.84. The van der Waals surface area contributed by atoms with Crippen molar-refractivity contribution in [2.24, 2.45) is 11.3 Å². The van der Waals surface area contributed by atoms with Crippen LogP contribution in [0.4, 0.5) is 8.78 Å². The summed E-state index contributed by atoms with van der Waals surface area (Å²) < 4.78 is 27.3. The van der Waals surface area contributed by atoms with Gasteiger partial charge in [0.25, 0.3) is 0 Å². The van der Waals surface area contributed by atoms with Gasteiger partial charge in [0.15, 0.2) is 5.78 Å². The van der Waals surface area contributed by atoms with Gasteiger partial charge in [-0.25, -0.2) is 8.78 Å². The van der Waals surface area contributed by atoms with Gasteiger partial charge in [0.05, 0.1) is 5.56 Å². The maximum Gasteiger partial charge on any atom is 0.169 e. The van der Waals surface area contributed by atoms with Gasteiger partial charge in [-0.05, 0) is 42.9 Å². The van der Waals surface area contributed by atoms with Crippen molar-refractivity contribution in [3.05, 3.63) is 34.9 Å². The van der Waals surface area contributed by atoms with E-state index in [-0.39, 0.29) is 28.2 Å². The van der Waals surface area contributed by atoms with Crippen molar-refractivity contribution in [3.63, 3.8) is 0 Å². The Morgan fingerprint density at radius 2 is 1.94 bits per heavy atom. The summed E-state index contributed by atoms with van der Waals surface area (Å²) in [6.45, 7) is 5.53. The average Bonchev–Trinajstić information content (AvgIpc) is 2.62. The number of carbonyl (C=O) groups is 1. The van der Waals surface area contributed by atoms with E-state index in [0.717, 1.165) is 31.4 Å². The molecule has 18 heavy (non-hydrogen) atoms. The van der Waals surface area contributed by atoms with E-state index in [1.807, 2.05) is 13.8 Å². The largest absolute Gasteiger partial charge is 0.294 e. The molecule has 1 atom stereocenters. The number of aryl methyl sites for hydroxylation is 1. The lowest BCUT2D eigenvalue weighted by Gasteiger charge is -2.25. The van der Waals surface area contributed by atoms with E-state index in [4.69, 9.17) is 0 Å². The van der Waals surface area contributed by atoms with Gasteiger partial charge in [-0.2, -0.15) is 0 Å². The zero-order valence-corrected chi connectivity index (χ0v) is 11.0. The molecule has 1 aliphatic carbocycles. The molecule has 0 aliphatic heterocycles. The van der Waals surface area contributed by atoms with Gasteiger partial charge in [0, 0.05) is 5.92 Å². The summed E-state index contributed by atoms with van der Waals surface area (Å²) in [6.07, 6.45) is 2.69. The van der Waals surface area contributed by atoms with Crippen molar-refractivity contribution in [1.82, 2.24) is 0 Å². The minimum Gasteiger partial charge on any atom is -0.294 e. The SMILES string of the molecule is Cc1cc(F)c(C(=O)C2CCCC2(C)C)cc1F. The first kappa shape index (κ1) is 13.2. The van der Waals surface area contributed by atoms with E-state index in [1.54, 1.807) is 0 Å². The quantitative estimate of drug-likeness (QED) is 0.718. The summed E-state index contributed by atoms with van der Waals surface area (Å²) in [5, 5.41) is 0. The number of hydrogen-bond donors (Lipinski definition) is 0. The Morgan fingerprint density at radius 1 is 1.28 bits per heavy atom. The highest BCUT2D eigenvalue weighted by Gasteiger charge is 2.40. The molecular weight excluding hydrogens is 234 g/mol. The first-order chi connectivity index (χ1) is 8.33. The molecule has 2 rings (SSSR count). The van der Waals surface area contributed by atoms with E-state index in [1.165, 1.54) is 6.92 Å². The molecule has 0 bridgehead atoms. The molecule has 0 amide bonds. The van der Waals surface area contributed by atoms with Crippen molar-refractivity contribution in [2.75, 3.05) is 0 Å². The van der Waals surface area contributed by atoms with Crippen LogP contribution in [0.3, 0.4) is 0 Å². The Bertz CT molecular complexity index is 492. The average molecular weight is 252 g/mol. The van der Waals surface area contributed by atoms with Gasteiger partial charge in [-0.3, -0.25) is 4.79 Å². The number of carbonyl (C=O) groups excluding carboxylic acids is 1. The summed E-state index contributed by atoms with van der Waals surface area (Å²) in [4.78, 5) is 12.3. The minimum absolute atomic E-state index is 0.0990. The topological polar surface area (TPSA) is 17.1 Å². The lowest BCUT2D eigenvalue weighted by Crippen LogP contribution is -2.26. The van der Waals surface area contributed by atoms with Crippen LogP contribution < -0.4 is 0 Å². The monoisotopic (exact) mass is 252 g/mol. The van der Waals surface area contributed by atoms with Crippen LogP contribution in [0.1, 0.15) is 49.0 Å². The molecule has 1 unspecified atom stereocenters. The molecule has 0 spiro atoms. The second-order valence-electron chi connectivity index (χ2n) is 5.88. The summed E-state index contributed by atoms with van der Waals surface area (Å²) in [5.74, 6) is -1.58. The van der Waals surface area contributed by atoms with Gasteiger partial charge in [-0.1, -0.05) is 20.3 Å². The zero-order valence-electron chi connectivity index (χ0n) is 11.0. The van der Waals surface area contributed by atoms with Crippen molar-refractivity contribution in [3.8, 4) is 0 Å². The van der Waals surface area contributed by atoms with Crippen LogP contribution >= 0.6 is 0 Å². The van der Waals surface area contributed by atoms with Crippen molar-refractivity contribution >= 4 is 5.78 Å². The third-order valence-corrected chi connectivity index (χ3v) is 4.09. The summed E-state index contributed by atoms with van der Waals surface area (Å²) >= 11 is 0. The zero-order chi connectivity index (χ0) is 13.5. The minimum atomic E-state index is -0.610. The number of halogens is 2. The van der Waals surface area contributed by atoms with Crippen molar-refractivity contribution in [1.29, 1.82) is 0 Å². The van der Waals surface area contributed by atoms with Gasteiger partial charge in [0.1, 0.15) is 11.6 Å². The molecule has 0 N–H and O–H groups in total. The first-order valence-electron chi connectivity index (χ1n) is 6.33. The van der Waals surface area contributed by atoms with Crippen LogP contribution in [-0.2, 0) is 0 Å². The first-order valence-corrected chi connectivity index (χ1v) is 6.33. The highest BCUT2D eigenvalue weighted by atomic mass is 19.1. The molecule has 3 heteroatoms. The highest BCUT2D eigenvalue weighted by Crippen LogP contribution is 2.44. The van der Waals surface area contributed by atoms with E-state index >= 15 is 0 Å². The van der Waals surface area contributed by atoms with Crippen molar-refractivity contribution < 1.29 is 13.6 Å². The summed E-state index contributed by atoms with van der Waals surface area (Å²) in [5.41, 5.74) is 0.0121.